The van der Waals surface area contributed by atoms with Crippen molar-refractivity contribution >= 4 is 17.2 Å². The van der Waals surface area contributed by atoms with Crippen LogP contribution in [0, 0.1) is 0 Å². The van der Waals surface area contributed by atoms with Gasteiger partial charge in [0.15, 0.2) is 0 Å². The highest BCUT2D eigenvalue weighted by molar-refractivity contribution is 7.07. The Morgan fingerprint density at radius 2 is 2.25 bits per heavy atom. The predicted octanol–water partition coefficient (Wildman–Crippen LogP) is 2.86. The van der Waals surface area contributed by atoms with E-state index >= 15 is 0 Å². The Morgan fingerprint density at radius 3 is 2.96 bits per heavy atom. The first kappa shape index (κ1) is 15.6. The van der Waals surface area contributed by atoms with E-state index in [-0.39, 0.29) is 18.0 Å². The van der Waals surface area contributed by atoms with Crippen LogP contribution in [0.4, 0.5) is 0 Å². The molecule has 1 aromatic heterocycles. The van der Waals surface area contributed by atoms with Crippen molar-refractivity contribution in [3.8, 4) is 5.75 Å². The lowest BCUT2D eigenvalue weighted by Crippen LogP contribution is -2.40. The third-order valence-electron chi connectivity index (χ3n) is 4.87. The molecular weight excluding hydrogens is 322 g/mol. The Hall–Kier alpha value is -1.92. The Kier molecular flexibility index (Phi) is 4.24. The molecule has 1 aromatic carbocycles. The van der Waals surface area contributed by atoms with Crippen molar-refractivity contribution in [2.24, 2.45) is 0 Å². The van der Waals surface area contributed by atoms with Crippen LogP contribution in [-0.2, 0) is 0 Å². The number of carbonyl (C=O) groups excluding carboxylic acids is 1. The van der Waals surface area contributed by atoms with E-state index in [1.165, 1.54) is 29.7 Å². The predicted molar refractivity (Wildman–Crippen MR) is 93.4 cm³/mol. The normalized spacial score (nSPS) is 24.0. The molecule has 2 aliphatic rings. The SMILES string of the molecule is COc1cccc(C2C(NC(=O)c3cscn3)CCN2C2CC2)c1. The summed E-state index contributed by atoms with van der Waals surface area (Å²) in [7, 11) is 1.69. The molecule has 1 aliphatic carbocycles. The van der Waals surface area contributed by atoms with Crippen LogP contribution >= 0.6 is 11.3 Å². The van der Waals surface area contributed by atoms with Crippen molar-refractivity contribution < 1.29 is 9.53 Å². The van der Waals surface area contributed by atoms with Crippen molar-refractivity contribution in [2.75, 3.05) is 13.7 Å². The average Bonchev–Trinajstić information content (AvgIpc) is 3.14. The first-order chi connectivity index (χ1) is 11.8. The number of nitrogens with one attached hydrogen (secondary N) is 1. The third kappa shape index (κ3) is 3.03. The van der Waals surface area contributed by atoms with Gasteiger partial charge in [-0.05, 0) is 37.0 Å². The molecule has 5 nitrogen and oxygen atoms in total. The van der Waals surface area contributed by atoms with Gasteiger partial charge in [-0.15, -0.1) is 11.3 Å². The average molecular weight is 343 g/mol. The second kappa shape index (κ2) is 6.53. The molecule has 0 radical (unpaired) electrons. The van der Waals surface area contributed by atoms with Crippen LogP contribution in [0.5, 0.6) is 5.75 Å². The fraction of sp³-hybridized carbons (Fsp3) is 0.444. The number of hydrogen-bond donors (Lipinski definition) is 1. The van der Waals surface area contributed by atoms with Gasteiger partial charge in [0.2, 0.25) is 0 Å². The molecule has 24 heavy (non-hydrogen) atoms. The summed E-state index contributed by atoms with van der Waals surface area (Å²) in [5, 5.41) is 5.00. The van der Waals surface area contributed by atoms with E-state index in [1.807, 2.05) is 12.1 Å². The fourth-order valence-electron chi connectivity index (χ4n) is 3.60. The number of ether oxygens (including phenoxy) is 1. The fourth-order valence-corrected chi connectivity index (χ4v) is 4.13. The molecule has 2 heterocycles. The Morgan fingerprint density at radius 1 is 1.38 bits per heavy atom. The summed E-state index contributed by atoms with van der Waals surface area (Å²) in [6, 6.07) is 9.17. The molecular formula is C18H21N3O2S. The molecule has 1 N–H and O–H groups in total. The van der Waals surface area contributed by atoms with E-state index in [4.69, 9.17) is 4.74 Å². The zero-order chi connectivity index (χ0) is 16.5. The number of rotatable bonds is 5. The van der Waals surface area contributed by atoms with E-state index < -0.39 is 0 Å². The monoisotopic (exact) mass is 343 g/mol. The van der Waals surface area contributed by atoms with Gasteiger partial charge in [-0.2, -0.15) is 0 Å². The van der Waals surface area contributed by atoms with Gasteiger partial charge in [0.05, 0.1) is 24.7 Å². The number of benzene rings is 1. The maximum absolute atomic E-state index is 12.4. The third-order valence-corrected chi connectivity index (χ3v) is 5.46. The van der Waals surface area contributed by atoms with Gasteiger partial charge in [-0.25, -0.2) is 4.98 Å². The summed E-state index contributed by atoms with van der Waals surface area (Å²) < 4.78 is 5.39. The molecule has 1 amide bonds. The van der Waals surface area contributed by atoms with Crippen molar-refractivity contribution in [1.29, 1.82) is 0 Å². The molecule has 1 saturated carbocycles. The van der Waals surface area contributed by atoms with E-state index in [2.05, 4.69) is 27.3 Å². The summed E-state index contributed by atoms with van der Waals surface area (Å²) in [6.45, 7) is 1.02. The topological polar surface area (TPSA) is 54.5 Å². The van der Waals surface area contributed by atoms with E-state index in [0.717, 1.165) is 18.7 Å². The molecule has 0 bridgehead atoms. The van der Waals surface area contributed by atoms with E-state index in [0.29, 0.717) is 11.7 Å². The first-order valence-corrected chi connectivity index (χ1v) is 9.29. The van der Waals surface area contributed by atoms with Crippen LogP contribution in [0.1, 0.15) is 41.4 Å². The van der Waals surface area contributed by atoms with Gasteiger partial charge in [-0.3, -0.25) is 9.69 Å². The highest BCUT2D eigenvalue weighted by atomic mass is 32.1. The van der Waals surface area contributed by atoms with Crippen LogP contribution < -0.4 is 10.1 Å². The minimum atomic E-state index is -0.0770. The number of thiazole rings is 1. The number of hydrogen-bond acceptors (Lipinski definition) is 5. The molecule has 2 fully saturated rings. The van der Waals surface area contributed by atoms with Crippen LogP contribution in [-0.4, -0.2) is 41.5 Å². The standard InChI is InChI=1S/C18H21N3O2S/c1-23-14-4-2-3-12(9-14)17-15(7-8-21(17)13-5-6-13)20-18(22)16-10-24-11-19-16/h2-4,9-11,13,15,17H,5-8H2,1H3,(H,20,22). The maximum atomic E-state index is 12.4. The number of carbonyl (C=O) groups is 1. The van der Waals surface area contributed by atoms with Crippen molar-refractivity contribution in [1.82, 2.24) is 15.2 Å². The van der Waals surface area contributed by atoms with Crippen molar-refractivity contribution in [3.05, 3.63) is 46.4 Å². The van der Waals surface area contributed by atoms with E-state index in [9.17, 15) is 4.79 Å². The number of methoxy groups -OCH3 is 1. The summed E-state index contributed by atoms with van der Waals surface area (Å²) in [4.78, 5) is 19.1. The highest BCUT2D eigenvalue weighted by Gasteiger charge is 2.43. The Labute approximate surface area is 145 Å². The minimum absolute atomic E-state index is 0.0770. The van der Waals surface area contributed by atoms with Crippen molar-refractivity contribution in [2.45, 2.75) is 37.4 Å². The molecule has 6 heteroatoms. The summed E-state index contributed by atoms with van der Waals surface area (Å²) in [5.41, 5.74) is 3.41. The Balaban J connectivity index is 1.59. The molecule has 1 aliphatic heterocycles. The van der Waals surface area contributed by atoms with Crippen LogP contribution in [0.15, 0.2) is 35.2 Å². The maximum Gasteiger partial charge on any atom is 0.271 e. The lowest BCUT2D eigenvalue weighted by Gasteiger charge is -2.29. The molecule has 0 spiro atoms. The second-order valence-corrected chi connectivity index (χ2v) is 7.15. The largest absolute Gasteiger partial charge is 0.497 e. The number of aromatic nitrogens is 1. The molecule has 2 aromatic rings. The zero-order valence-corrected chi connectivity index (χ0v) is 14.5. The lowest BCUT2D eigenvalue weighted by atomic mass is 9.99. The molecule has 1 saturated heterocycles. The first-order valence-electron chi connectivity index (χ1n) is 8.35. The number of nitrogens with zero attached hydrogens (tertiary/aromatic N) is 2. The van der Waals surface area contributed by atoms with Gasteiger partial charge in [0.1, 0.15) is 11.4 Å². The quantitative estimate of drug-likeness (QED) is 0.907. The van der Waals surface area contributed by atoms with Gasteiger partial charge >= 0.3 is 0 Å². The number of amides is 1. The molecule has 2 unspecified atom stereocenters. The van der Waals surface area contributed by atoms with Crippen LogP contribution in [0.3, 0.4) is 0 Å². The zero-order valence-electron chi connectivity index (χ0n) is 13.6. The molecule has 4 rings (SSSR count). The van der Waals surface area contributed by atoms with Crippen molar-refractivity contribution in [3.63, 3.8) is 0 Å². The van der Waals surface area contributed by atoms with Gasteiger partial charge in [0, 0.05) is 18.0 Å². The van der Waals surface area contributed by atoms with Gasteiger partial charge in [0.25, 0.3) is 5.91 Å². The summed E-state index contributed by atoms with van der Waals surface area (Å²) >= 11 is 1.44. The second-order valence-electron chi connectivity index (χ2n) is 6.43. The number of likely N-dealkylation sites (tertiary alicyclic amines) is 1. The van der Waals surface area contributed by atoms with Gasteiger partial charge < -0.3 is 10.1 Å². The van der Waals surface area contributed by atoms with Gasteiger partial charge in [-0.1, -0.05) is 12.1 Å². The highest BCUT2D eigenvalue weighted by Crippen LogP contribution is 2.41. The summed E-state index contributed by atoms with van der Waals surface area (Å²) in [5.74, 6) is 0.784. The molecule has 126 valence electrons. The van der Waals surface area contributed by atoms with E-state index in [1.54, 1.807) is 18.0 Å². The molecule has 2 atom stereocenters. The lowest BCUT2D eigenvalue weighted by molar-refractivity contribution is 0.0919. The van der Waals surface area contributed by atoms with Crippen LogP contribution in [0.25, 0.3) is 0 Å². The minimum Gasteiger partial charge on any atom is -0.497 e. The Bertz CT molecular complexity index is 715. The smallest absolute Gasteiger partial charge is 0.271 e. The van der Waals surface area contributed by atoms with Crippen LogP contribution in [0.2, 0.25) is 0 Å². The summed E-state index contributed by atoms with van der Waals surface area (Å²) in [6.07, 6.45) is 3.48.